The first kappa shape index (κ1) is 11.4. The van der Waals surface area contributed by atoms with Gasteiger partial charge in [-0.2, -0.15) is 0 Å². The van der Waals surface area contributed by atoms with Crippen LogP contribution in [0.2, 0.25) is 0 Å². The highest BCUT2D eigenvalue weighted by atomic mass is 16.1. The zero-order valence-corrected chi connectivity index (χ0v) is 10.8. The lowest BCUT2D eigenvalue weighted by atomic mass is 9.48. The van der Waals surface area contributed by atoms with E-state index in [9.17, 15) is 4.79 Å². The molecule has 0 amide bonds. The van der Waals surface area contributed by atoms with E-state index in [4.69, 9.17) is 0 Å². The Kier molecular flexibility index (Phi) is 2.47. The molecule has 2 bridgehead atoms. The second kappa shape index (κ2) is 3.91. The molecule has 1 heterocycles. The van der Waals surface area contributed by atoms with E-state index in [-0.39, 0.29) is 11.3 Å². The second-order valence-electron chi connectivity index (χ2n) is 5.83. The average molecular weight is 239 g/mol. The summed E-state index contributed by atoms with van der Waals surface area (Å²) in [5, 5.41) is 0. The molecule has 3 aliphatic rings. The van der Waals surface area contributed by atoms with Gasteiger partial charge in [0.05, 0.1) is 0 Å². The molecule has 0 spiro atoms. The number of allylic oxidation sites excluding steroid dienone is 3. The molecule has 0 aromatic carbocycles. The molecular weight excluding hydrogens is 222 g/mol. The van der Waals surface area contributed by atoms with Crippen LogP contribution in [0.5, 0.6) is 0 Å². The van der Waals surface area contributed by atoms with Crippen LogP contribution in [0.3, 0.4) is 0 Å². The summed E-state index contributed by atoms with van der Waals surface area (Å²) in [7, 11) is 0. The maximum atomic E-state index is 11.9. The molecule has 0 unspecified atom stereocenters. The summed E-state index contributed by atoms with van der Waals surface area (Å²) >= 11 is 0. The van der Waals surface area contributed by atoms with Crippen molar-refractivity contribution < 1.29 is 4.79 Å². The Hall–Kier alpha value is -1.70. The predicted octanol–water partition coefficient (Wildman–Crippen LogP) is 3.27. The lowest BCUT2D eigenvalue weighted by Crippen LogP contribution is -2.52. The number of pyridine rings is 1. The summed E-state index contributed by atoms with van der Waals surface area (Å²) in [5.74, 6) is 1.08. The van der Waals surface area contributed by atoms with Gasteiger partial charge >= 0.3 is 0 Å². The van der Waals surface area contributed by atoms with E-state index in [1.165, 1.54) is 5.57 Å². The van der Waals surface area contributed by atoms with Crippen LogP contribution in [0.4, 0.5) is 0 Å². The van der Waals surface area contributed by atoms with Crippen LogP contribution in [0, 0.1) is 17.3 Å². The van der Waals surface area contributed by atoms with E-state index in [2.05, 4.69) is 24.9 Å². The number of fused-ring (bicyclic) bond motifs is 1. The molecule has 4 rings (SSSR count). The summed E-state index contributed by atoms with van der Waals surface area (Å²) in [6.45, 7) is 4.41. The van der Waals surface area contributed by atoms with Crippen LogP contribution >= 0.6 is 0 Å². The van der Waals surface area contributed by atoms with Gasteiger partial charge in [-0.3, -0.25) is 9.78 Å². The fourth-order valence-corrected chi connectivity index (χ4v) is 3.17. The van der Waals surface area contributed by atoms with Crippen molar-refractivity contribution in [3.8, 4) is 0 Å². The monoisotopic (exact) mass is 239 g/mol. The SMILES string of the molecule is CC1(C)[C@@H]2C[C@H]1C(/C=C/c1cccnc1)=CC2=O. The number of carbonyl (C=O) groups excluding carboxylic acids is 1. The molecule has 1 fully saturated rings. The Labute approximate surface area is 107 Å². The number of carbonyl (C=O) groups is 1. The van der Waals surface area contributed by atoms with Gasteiger partial charge in [-0.25, -0.2) is 0 Å². The van der Waals surface area contributed by atoms with Gasteiger partial charge in [-0.1, -0.05) is 32.1 Å². The molecule has 1 aromatic heterocycles. The van der Waals surface area contributed by atoms with Gasteiger partial charge < -0.3 is 0 Å². The third kappa shape index (κ3) is 1.64. The van der Waals surface area contributed by atoms with Crippen LogP contribution < -0.4 is 0 Å². The molecule has 0 radical (unpaired) electrons. The minimum Gasteiger partial charge on any atom is -0.295 e. The van der Waals surface area contributed by atoms with Crippen LogP contribution in [-0.4, -0.2) is 10.8 Å². The molecular formula is C16H17NO. The molecule has 3 aliphatic carbocycles. The quantitative estimate of drug-likeness (QED) is 0.792. The van der Waals surface area contributed by atoms with Crippen molar-refractivity contribution in [2.24, 2.45) is 17.3 Å². The number of nitrogens with zero attached hydrogens (tertiary/aromatic N) is 1. The van der Waals surface area contributed by atoms with Gasteiger partial charge in [0, 0.05) is 18.3 Å². The summed E-state index contributed by atoms with van der Waals surface area (Å²) in [4.78, 5) is 16.0. The van der Waals surface area contributed by atoms with Crippen molar-refractivity contribution in [2.75, 3.05) is 0 Å². The second-order valence-corrected chi connectivity index (χ2v) is 5.83. The first-order valence-electron chi connectivity index (χ1n) is 6.42. The molecule has 0 N–H and O–H groups in total. The van der Waals surface area contributed by atoms with Crippen molar-refractivity contribution in [3.63, 3.8) is 0 Å². The molecule has 0 saturated heterocycles. The lowest BCUT2D eigenvalue weighted by molar-refractivity contribution is -0.133. The summed E-state index contributed by atoms with van der Waals surface area (Å²) in [6.07, 6.45) is 10.6. The molecule has 2 heteroatoms. The average Bonchev–Trinajstić information content (AvgIpc) is 2.36. The fraction of sp³-hybridized carbons (Fsp3) is 0.375. The van der Waals surface area contributed by atoms with E-state index >= 15 is 0 Å². The van der Waals surface area contributed by atoms with Gasteiger partial charge in [-0.15, -0.1) is 0 Å². The normalized spacial score (nSPS) is 29.0. The summed E-state index contributed by atoms with van der Waals surface area (Å²) < 4.78 is 0. The van der Waals surface area contributed by atoms with Gasteiger partial charge in [0.2, 0.25) is 0 Å². The summed E-state index contributed by atoms with van der Waals surface area (Å²) in [5.41, 5.74) is 2.39. The fourth-order valence-electron chi connectivity index (χ4n) is 3.17. The van der Waals surface area contributed by atoms with E-state index in [1.54, 1.807) is 6.20 Å². The van der Waals surface area contributed by atoms with Gasteiger partial charge in [0.15, 0.2) is 5.78 Å². The van der Waals surface area contributed by atoms with Crippen molar-refractivity contribution >= 4 is 11.9 Å². The number of rotatable bonds is 2. The smallest absolute Gasteiger partial charge is 0.159 e. The molecule has 1 aromatic rings. The molecule has 92 valence electrons. The number of ketones is 1. The van der Waals surface area contributed by atoms with Crippen molar-refractivity contribution in [1.82, 2.24) is 4.98 Å². The van der Waals surface area contributed by atoms with Gasteiger partial charge in [0.25, 0.3) is 0 Å². The highest BCUT2D eigenvalue weighted by molar-refractivity contribution is 5.96. The third-order valence-corrected chi connectivity index (χ3v) is 4.48. The van der Waals surface area contributed by atoms with Crippen LogP contribution in [0.15, 0.2) is 42.3 Å². The molecule has 0 aliphatic heterocycles. The highest BCUT2D eigenvalue weighted by Gasteiger charge is 2.54. The molecule has 2 atom stereocenters. The van der Waals surface area contributed by atoms with E-state index in [1.807, 2.05) is 30.5 Å². The van der Waals surface area contributed by atoms with Crippen LogP contribution in [0.25, 0.3) is 6.08 Å². The number of hydrogen-bond donors (Lipinski definition) is 0. The largest absolute Gasteiger partial charge is 0.295 e. The maximum absolute atomic E-state index is 11.9. The Morgan fingerprint density at radius 3 is 2.78 bits per heavy atom. The van der Waals surface area contributed by atoms with Crippen LogP contribution in [-0.2, 0) is 4.79 Å². The Morgan fingerprint density at radius 2 is 2.17 bits per heavy atom. The lowest BCUT2D eigenvalue weighted by Gasteiger charge is -2.54. The van der Waals surface area contributed by atoms with E-state index < -0.39 is 0 Å². The van der Waals surface area contributed by atoms with Crippen LogP contribution in [0.1, 0.15) is 25.8 Å². The Morgan fingerprint density at radius 1 is 1.33 bits per heavy atom. The van der Waals surface area contributed by atoms with Crippen molar-refractivity contribution in [3.05, 3.63) is 47.8 Å². The maximum Gasteiger partial charge on any atom is 0.159 e. The highest BCUT2D eigenvalue weighted by Crippen LogP contribution is 2.58. The van der Waals surface area contributed by atoms with E-state index in [0.29, 0.717) is 11.7 Å². The molecule has 18 heavy (non-hydrogen) atoms. The zero-order valence-electron chi connectivity index (χ0n) is 10.8. The van der Waals surface area contributed by atoms with Crippen molar-refractivity contribution in [1.29, 1.82) is 0 Å². The topological polar surface area (TPSA) is 30.0 Å². The van der Waals surface area contributed by atoms with E-state index in [0.717, 1.165) is 12.0 Å². The molecule has 2 nitrogen and oxygen atoms in total. The van der Waals surface area contributed by atoms with Crippen molar-refractivity contribution in [2.45, 2.75) is 20.3 Å². The standard InChI is InChI=1S/C16H17NO/c1-16(2)13-9-14(16)15(18)8-12(13)6-5-11-4-3-7-17-10-11/h3-8,10,13-14H,9H2,1-2H3/b6-5+/t13-,14+/m0/s1. The minimum absolute atomic E-state index is 0.139. The number of aromatic nitrogens is 1. The third-order valence-electron chi connectivity index (χ3n) is 4.48. The van der Waals surface area contributed by atoms with Gasteiger partial charge in [-0.05, 0) is 41.0 Å². The Bertz CT molecular complexity index is 539. The first-order valence-corrected chi connectivity index (χ1v) is 6.42. The molecule has 1 saturated carbocycles. The van der Waals surface area contributed by atoms with Gasteiger partial charge in [0.1, 0.15) is 0 Å². The summed E-state index contributed by atoms with van der Waals surface area (Å²) in [6, 6.07) is 3.94. The zero-order chi connectivity index (χ0) is 12.8. The first-order chi connectivity index (χ1) is 8.59. The predicted molar refractivity (Wildman–Crippen MR) is 71.7 cm³/mol. The Balaban J connectivity index is 1.86. The number of hydrogen-bond acceptors (Lipinski definition) is 2. The minimum atomic E-state index is 0.139.